The van der Waals surface area contributed by atoms with E-state index in [1.807, 2.05) is 51.1 Å². The van der Waals surface area contributed by atoms with Crippen molar-refractivity contribution in [2.45, 2.75) is 33.2 Å². The molecule has 0 bridgehead atoms. The van der Waals surface area contributed by atoms with Crippen molar-refractivity contribution in [2.24, 2.45) is 5.92 Å². The van der Waals surface area contributed by atoms with Crippen LogP contribution in [0.25, 0.3) is 10.9 Å². The van der Waals surface area contributed by atoms with Crippen LogP contribution in [-0.4, -0.2) is 47.4 Å². The third-order valence-electron chi connectivity index (χ3n) is 4.74. The van der Waals surface area contributed by atoms with E-state index in [0.29, 0.717) is 26.1 Å². The minimum absolute atomic E-state index is 0.0425. The molecule has 138 valence electrons. The normalized spacial score (nSPS) is 17.2. The van der Waals surface area contributed by atoms with Crippen LogP contribution in [0.15, 0.2) is 30.3 Å². The highest BCUT2D eigenvalue weighted by Crippen LogP contribution is 2.23. The number of amides is 2. The number of benzene rings is 1. The fourth-order valence-corrected chi connectivity index (χ4v) is 3.39. The standard InChI is InChI=1S/C20H26N4O2/c1-13(2)24-12-15(11-19(24)25)20(26)22-9-8-21-18-10-14(3)23-17-7-5-4-6-16(17)18/h4-7,10,13,15H,8-9,11-12H2,1-3H3,(H,21,23)(H,22,26)/t15-/m0/s1. The van der Waals surface area contributed by atoms with Gasteiger partial charge in [0.15, 0.2) is 0 Å². The molecule has 26 heavy (non-hydrogen) atoms. The number of aromatic nitrogens is 1. The smallest absolute Gasteiger partial charge is 0.225 e. The van der Waals surface area contributed by atoms with Gasteiger partial charge in [0.25, 0.3) is 0 Å². The number of rotatable bonds is 6. The van der Waals surface area contributed by atoms with E-state index >= 15 is 0 Å². The minimum Gasteiger partial charge on any atom is -0.383 e. The Labute approximate surface area is 154 Å². The third kappa shape index (κ3) is 3.95. The van der Waals surface area contributed by atoms with E-state index in [0.717, 1.165) is 22.3 Å². The molecule has 1 saturated heterocycles. The van der Waals surface area contributed by atoms with Crippen molar-refractivity contribution >= 4 is 28.4 Å². The van der Waals surface area contributed by atoms with Crippen molar-refractivity contribution in [3.63, 3.8) is 0 Å². The predicted octanol–water partition coefficient (Wildman–Crippen LogP) is 2.33. The summed E-state index contributed by atoms with van der Waals surface area (Å²) in [5.74, 6) is -0.218. The number of likely N-dealkylation sites (tertiary alicyclic amines) is 1. The second kappa shape index (κ2) is 7.72. The number of anilines is 1. The first-order valence-corrected chi connectivity index (χ1v) is 9.13. The number of fused-ring (bicyclic) bond motifs is 1. The maximum atomic E-state index is 12.3. The van der Waals surface area contributed by atoms with Crippen molar-refractivity contribution in [3.8, 4) is 0 Å². The Kier molecular flexibility index (Phi) is 5.40. The Balaban J connectivity index is 1.52. The molecule has 6 nitrogen and oxygen atoms in total. The molecule has 2 heterocycles. The Bertz CT molecular complexity index is 819. The fourth-order valence-electron chi connectivity index (χ4n) is 3.39. The minimum atomic E-state index is -0.242. The average Bonchev–Trinajstić information content (AvgIpc) is 3.00. The highest BCUT2D eigenvalue weighted by atomic mass is 16.2. The summed E-state index contributed by atoms with van der Waals surface area (Å²) in [6.07, 6.45) is 0.311. The van der Waals surface area contributed by atoms with Gasteiger partial charge >= 0.3 is 0 Å². The highest BCUT2D eigenvalue weighted by Gasteiger charge is 2.35. The second-order valence-corrected chi connectivity index (χ2v) is 7.09. The van der Waals surface area contributed by atoms with Crippen LogP contribution in [0, 0.1) is 12.8 Å². The van der Waals surface area contributed by atoms with E-state index in [9.17, 15) is 9.59 Å². The van der Waals surface area contributed by atoms with E-state index in [1.165, 1.54) is 0 Å². The van der Waals surface area contributed by atoms with E-state index in [1.54, 1.807) is 4.90 Å². The van der Waals surface area contributed by atoms with Crippen LogP contribution >= 0.6 is 0 Å². The summed E-state index contributed by atoms with van der Waals surface area (Å²) in [6.45, 7) is 7.57. The topological polar surface area (TPSA) is 74.3 Å². The molecule has 1 aliphatic rings. The van der Waals surface area contributed by atoms with E-state index in [2.05, 4.69) is 15.6 Å². The van der Waals surface area contributed by atoms with Gasteiger partial charge in [-0.05, 0) is 32.9 Å². The lowest BCUT2D eigenvalue weighted by atomic mass is 10.1. The molecule has 2 aromatic rings. The van der Waals surface area contributed by atoms with Crippen LogP contribution in [0.3, 0.4) is 0 Å². The summed E-state index contributed by atoms with van der Waals surface area (Å²) < 4.78 is 0. The van der Waals surface area contributed by atoms with Gasteiger partial charge in [0.2, 0.25) is 11.8 Å². The Morgan fingerprint density at radius 1 is 1.31 bits per heavy atom. The summed E-state index contributed by atoms with van der Waals surface area (Å²) in [5, 5.41) is 7.39. The van der Waals surface area contributed by atoms with Crippen molar-refractivity contribution < 1.29 is 9.59 Å². The van der Waals surface area contributed by atoms with Crippen LogP contribution < -0.4 is 10.6 Å². The van der Waals surface area contributed by atoms with Gasteiger partial charge < -0.3 is 15.5 Å². The number of pyridine rings is 1. The van der Waals surface area contributed by atoms with Crippen molar-refractivity contribution in [1.29, 1.82) is 0 Å². The first-order valence-electron chi connectivity index (χ1n) is 9.13. The Morgan fingerprint density at radius 2 is 2.08 bits per heavy atom. The van der Waals surface area contributed by atoms with Gasteiger partial charge in [0.05, 0.1) is 11.4 Å². The van der Waals surface area contributed by atoms with Crippen LogP contribution in [-0.2, 0) is 9.59 Å². The molecule has 0 unspecified atom stereocenters. The third-order valence-corrected chi connectivity index (χ3v) is 4.74. The van der Waals surface area contributed by atoms with Crippen molar-refractivity contribution in [2.75, 3.05) is 25.0 Å². The lowest BCUT2D eigenvalue weighted by molar-refractivity contribution is -0.129. The molecule has 1 aromatic carbocycles. The number of hydrogen-bond donors (Lipinski definition) is 2. The fraction of sp³-hybridized carbons (Fsp3) is 0.450. The molecule has 3 rings (SSSR count). The zero-order valence-electron chi connectivity index (χ0n) is 15.6. The maximum Gasteiger partial charge on any atom is 0.225 e. The van der Waals surface area contributed by atoms with E-state index < -0.39 is 0 Å². The number of carbonyl (C=O) groups is 2. The van der Waals surface area contributed by atoms with Crippen molar-refractivity contribution in [3.05, 3.63) is 36.0 Å². The van der Waals surface area contributed by atoms with Gasteiger partial charge in [-0.1, -0.05) is 18.2 Å². The van der Waals surface area contributed by atoms with Crippen molar-refractivity contribution in [1.82, 2.24) is 15.2 Å². The maximum absolute atomic E-state index is 12.3. The number of nitrogens with zero attached hydrogens (tertiary/aromatic N) is 2. The summed E-state index contributed by atoms with van der Waals surface area (Å²) in [5.41, 5.74) is 2.93. The van der Waals surface area contributed by atoms with Gasteiger partial charge in [-0.15, -0.1) is 0 Å². The van der Waals surface area contributed by atoms with Gasteiger partial charge in [-0.25, -0.2) is 0 Å². The zero-order chi connectivity index (χ0) is 18.7. The predicted molar refractivity (Wildman–Crippen MR) is 103 cm³/mol. The van der Waals surface area contributed by atoms with Crippen LogP contribution in [0.1, 0.15) is 26.0 Å². The SMILES string of the molecule is Cc1cc(NCCNC(=O)[C@H]2CC(=O)N(C(C)C)C2)c2ccccc2n1. The van der Waals surface area contributed by atoms with E-state index in [-0.39, 0.29) is 23.8 Å². The molecule has 0 aliphatic carbocycles. The van der Waals surface area contributed by atoms with E-state index in [4.69, 9.17) is 0 Å². The first kappa shape index (κ1) is 18.2. The van der Waals surface area contributed by atoms with Gasteiger partial charge in [0, 0.05) is 48.9 Å². The molecular formula is C20H26N4O2. The van der Waals surface area contributed by atoms with Gasteiger partial charge in [-0.2, -0.15) is 0 Å². The number of carbonyl (C=O) groups excluding carboxylic acids is 2. The largest absolute Gasteiger partial charge is 0.383 e. The molecule has 0 spiro atoms. The molecule has 2 amide bonds. The molecule has 0 radical (unpaired) electrons. The number of nitrogens with one attached hydrogen (secondary N) is 2. The van der Waals surface area contributed by atoms with Gasteiger partial charge in [0.1, 0.15) is 0 Å². The van der Waals surface area contributed by atoms with Gasteiger partial charge in [-0.3, -0.25) is 14.6 Å². The summed E-state index contributed by atoms with van der Waals surface area (Å²) in [4.78, 5) is 30.5. The van der Waals surface area contributed by atoms with Crippen LogP contribution in [0.4, 0.5) is 5.69 Å². The second-order valence-electron chi connectivity index (χ2n) is 7.09. The molecule has 1 aliphatic heterocycles. The molecule has 1 atom stereocenters. The number of aryl methyl sites for hydroxylation is 1. The number of hydrogen-bond acceptors (Lipinski definition) is 4. The monoisotopic (exact) mass is 354 g/mol. The lowest BCUT2D eigenvalue weighted by Crippen LogP contribution is -2.37. The molecule has 6 heteroatoms. The zero-order valence-corrected chi connectivity index (χ0v) is 15.6. The molecule has 1 aromatic heterocycles. The van der Waals surface area contributed by atoms with Crippen LogP contribution in [0.5, 0.6) is 0 Å². The molecule has 2 N–H and O–H groups in total. The molecule has 1 fully saturated rings. The summed E-state index contributed by atoms with van der Waals surface area (Å²) >= 11 is 0. The summed E-state index contributed by atoms with van der Waals surface area (Å²) in [6, 6.07) is 10.2. The lowest BCUT2D eigenvalue weighted by Gasteiger charge is -2.20. The summed E-state index contributed by atoms with van der Waals surface area (Å²) in [7, 11) is 0. The average molecular weight is 354 g/mol. The van der Waals surface area contributed by atoms with Crippen LogP contribution in [0.2, 0.25) is 0 Å². The first-order chi connectivity index (χ1) is 12.5. The Hall–Kier alpha value is -2.63. The number of para-hydroxylation sites is 1. The quantitative estimate of drug-likeness (QED) is 0.781. The molecule has 0 saturated carbocycles. The highest BCUT2D eigenvalue weighted by molar-refractivity contribution is 5.91. The Morgan fingerprint density at radius 3 is 2.81 bits per heavy atom. The molecular weight excluding hydrogens is 328 g/mol.